The van der Waals surface area contributed by atoms with Gasteiger partial charge in [0.25, 0.3) is 0 Å². The van der Waals surface area contributed by atoms with E-state index in [-0.39, 0.29) is 44.3 Å². The number of benzene rings is 2. The number of hydrogen-bond donors (Lipinski definition) is 0. The molecule has 2 rings (SSSR count). The molecule has 0 aliphatic heterocycles. The molecule has 0 aliphatic rings. The summed E-state index contributed by atoms with van der Waals surface area (Å²) < 4.78 is 0. The first-order valence-electron chi connectivity index (χ1n) is 5.92. The van der Waals surface area contributed by atoms with E-state index in [1.54, 1.807) is 24.3 Å². The van der Waals surface area contributed by atoms with Gasteiger partial charge in [0.2, 0.25) is 6.08 Å². The van der Waals surface area contributed by atoms with Crippen LogP contribution in [0.15, 0.2) is 17.1 Å². The topological polar surface area (TPSA) is 148 Å². The van der Waals surface area contributed by atoms with Crippen LogP contribution in [0.2, 0.25) is 0 Å². The second-order valence-corrected chi connectivity index (χ2v) is 4.18. The third-order valence-corrected chi connectivity index (χ3v) is 3.15. The molecule has 23 heavy (non-hydrogen) atoms. The van der Waals surface area contributed by atoms with Crippen molar-refractivity contribution in [2.75, 3.05) is 0 Å². The lowest BCUT2D eigenvalue weighted by Gasteiger charge is -2.09. The Morgan fingerprint density at radius 1 is 0.696 bits per heavy atom. The van der Waals surface area contributed by atoms with E-state index in [1.807, 2.05) is 6.07 Å². The Bertz CT molecular complexity index is 1120. The van der Waals surface area contributed by atoms with Crippen LogP contribution in [0.1, 0.15) is 27.8 Å². The third kappa shape index (κ3) is 2.13. The van der Waals surface area contributed by atoms with Crippen molar-refractivity contribution < 1.29 is 4.79 Å². The highest BCUT2D eigenvalue weighted by Gasteiger charge is 2.20. The van der Waals surface area contributed by atoms with E-state index in [9.17, 15) is 15.3 Å². The number of rotatable bonds is 1. The lowest BCUT2D eigenvalue weighted by atomic mass is 9.91. The molecule has 0 aromatic heterocycles. The normalized spacial score (nSPS) is 8.65. The molecule has 7 heteroatoms. The molecule has 2 aromatic rings. The summed E-state index contributed by atoms with van der Waals surface area (Å²) in [4.78, 5) is 14.1. The molecular weight excluding hydrogens is 292 g/mol. The molecule has 2 aromatic carbocycles. The average Bonchev–Trinajstić information content (AvgIpc) is 2.59. The second kappa shape index (κ2) is 5.88. The average molecular weight is 294 g/mol. The maximum atomic E-state index is 10.7. The Balaban J connectivity index is 3.28. The molecule has 7 nitrogen and oxygen atoms in total. The van der Waals surface area contributed by atoms with E-state index in [4.69, 9.17) is 15.8 Å². The minimum absolute atomic E-state index is 0.0903. The van der Waals surface area contributed by atoms with Gasteiger partial charge in [0, 0.05) is 10.8 Å². The predicted molar refractivity (Wildman–Crippen MR) is 75.3 cm³/mol. The van der Waals surface area contributed by atoms with E-state index in [1.165, 1.54) is 18.2 Å². The largest absolute Gasteiger partial charge is 0.240 e. The Morgan fingerprint density at radius 2 is 1.22 bits per heavy atom. The molecule has 0 bridgehead atoms. The van der Waals surface area contributed by atoms with E-state index in [0.717, 1.165) is 0 Å². The summed E-state index contributed by atoms with van der Waals surface area (Å²) >= 11 is 0. The standard InChI is InChI=1S/C16H2N6O/c17-3-9-2-12-11(15(7-21)13(9)5-19)1-10(4-18)14(6-20)16(12)22-8-23/h1-2H. The zero-order valence-electron chi connectivity index (χ0n) is 11.2. The van der Waals surface area contributed by atoms with Crippen molar-refractivity contribution in [1.82, 2.24) is 0 Å². The van der Waals surface area contributed by atoms with E-state index < -0.39 is 0 Å². The van der Waals surface area contributed by atoms with Crippen LogP contribution >= 0.6 is 0 Å². The van der Waals surface area contributed by atoms with E-state index in [2.05, 4.69) is 4.99 Å². The minimum Gasteiger partial charge on any atom is -0.211 e. The van der Waals surface area contributed by atoms with Crippen LogP contribution in [0.5, 0.6) is 0 Å². The maximum absolute atomic E-state index is 10.7. The first kappa shape index (κ1) is 14.9. The fraction of sp³-hybridized carbons (Fsp3) is 0. The highest BCUT2D eigenvalue weighted by Crippen LogP contribution is 2.36. The number of hydrogen-bond acceptors (Lipinski definition) is 7. The molecule has 0 atom stereocenters. The van der Waals surface area contributed by atoms with Crippen LogP contribution in [0.3, 0.4) is 0 Å². The molecule has 0 amide bonds. The molecule has 0 N–H and O–H groups in total. The third-order valence-electron chi connectivity index (χ3n) is 3.15. The Hall–Kier alpha value is -4.47. The first-order valence-corrected chi connectivity index (χ1v) is 5.92. The van der Waals surface area contributed by atoms with Gasteiger partial charge in [-0.05, 0) is 12.1 Å². The molecule has 0 unspecified atom stereocenters. The lowest BCUT2D eigenvalue weighted by Crippen LogP contribution is -1.96. The van der Waals surface area contributed by atoms with Gasteiger partial charge in [-0.15, -0.1) is 0 Å². The van der Waals surface area contributed by atoms with Crippen LogP contribution in [-0.2, 0) is 4.79 Å². The summed E-state index contributed by atoms with van der Waals surface area (Å²) in [6.45, 7) is 0. The zero-order chi connectivity index (χ0) is 17.0. The molecule has 0 aliphatic carbocycles. The van der Waals surface area contributed by atoms with Gasteiger partial charge >= 0.3 is 0 Å². The summed E-state index contributed by atoms with van der Waals surface area (Å²) in [5.74, 6) is 0. The molecule has 0 saturated heterocycles. The lowest BCUT2D eigenvalue weighted by molar-refractivity contribution is 0.565. The van der Waals surface area contributed by atoms with Crippen LogP contribution in [0.25, 0.3) is 10.8 Å². The van der Waals surface area contributed by atoms with Crippen LogP contribution in [-0.4, -0.2) is 6.08 Å². The van der Waals surface area contributed by atoms with E-state index >= 15 is 0 Å². The van der Waals surface area contributed by atoms with Gasteiger partial charge in [-0.1, -0.05) is 0 Å². The van der Waals surface area contributed by atoms with Crippen molar-refractivity contribution in [2.45, 2.75) is 0 Å². The monoisotopic (exact) mass is 294 g/mol. The fourth-order valence-electron chi connectivity index (χ4n) is 2.21. The van der Waals surface area contributed by atoms with Crippen molar-refractivity contribution in [2.24, 2.45) is 4.99 Å². The summed E-state index contributed by atoms with van der Waals surface area (Å²) in [6.07, 6.45) is 1.29. The smallest absolute Gasteiger partial charge is 0.211 e. The van der Waals surface area contributed by atoms with E-state index in [0.29, 0.717) is 0 Å². The summed E-state index contributed by atoms with van der Waals surface area (Å²) in [7, 11) is 0. The number of nitrogens with zero attached hydrogens (tertiary/aromatic N) is 6. The summed E-state index contributed by atoms with van der Waals surface area (Å²) in [5, 5.41) is 46.3. The molecule has 0 saturated carbocycles. The van der Waals surface area contributed by atoms with Crippen molar-refractivity contribution in [1.29, 1.82) is 26.3 Å². The fourth-order valence-corrected chi connectivity index (χ4v) is 2.21. The summed E-state index contributed by atoms with van der Waals surface area (Å²) in [6, 6.07) is 11.5. The number of fused-ring (bicyclic) bond motifs is 1. The molecule has 0 fully saturated rings. The number of nitriles is 5. The molecule has 0 radical (unpaired) electrons. The Morgan fingerprint density at radius 3 is 1.70 bits per heavy atom. The van der Waals surface area contributed by atoms with Gasteiger partial charge in [0.05, 0.1) is 27.8 Å². The highest BCUT2D eigenvalue weighted by atomic mass is 16.1. The van der Waals surface area contributed by atoms with Gasteiger partial charge in [-0.2, -0.15) is 31.3 Å². The highest BCUT2D eigenvalue weighted by molar-refractivity contribution is 6.02. The molecule has 0 spiro atoms. The van der Waals surface area contributed by atoms with Crippen LogP contribution in [0.4, 0.5) is 5.69 Å². The van der Waals surface area contributed by atoms with Gasteiger partial charge in [0.15, 0.2) is 0 Å². The zero-order valence-corrected chi connectivity index (χ0v) is 11.2. The summed E-state index contributed by atoms with van der Waals surface area (Å²) in [5.41, 5.74) is -0.775. The second-order valence-electron chi connectivity index (χ2n) is 4.18. The molecular formula is C16H2N6O. The minimum atomic E-state index is -0.166. The van der Waals surface area contributed by atoms with Crippen molar-refractivity contribution >= 4 is 22.5 Å². The number of aliphatic imine (C=N–C) groups is 1. The molecule has 0 heterocycles. The first-order chi connectivity index (χ1) is 11.2. The predicted octanol–water partition coefficient (Wildman–Crippen LogP) is 2.17. The maximum Gasteiger partial charge on any atom is 0.240 e. The van der Waals surface area contributed by atoms with Crippen molar-refractivity contribution in [3.63, 3.8) is 0 Å². The van der Waals surface area contributed by atoms with Crippen molar-refractivity contribution in [3.8, 4) is 30.3 Å². The van der Waals surface area contributed by atoms with Gasteiger partial charge in [-0.25, -0.2) is 4.79 Å². The van der Waals surface area contributed by atoms with Crippen LogP contribution < -0.4 is 0 Å². The quantitative estimate of drug-likeness (QED) is 0.581. The number of carbonyl (C=O) groups excluding carboxylic acids is 1. The van der Waals surface area contributed by atoms with Crippen LogP contribution in [0, 0.1) is 56.7 Å². The van der Waals surface area contributed by atoms with Gasteiger partial charge in [-0.3, -0.25) is 0 Å². The van der Waals surface area contributed by atoms with Gasteiger partial charge in [0.1, 0.15) is 36.0 Å². The van der Waals surface area contributed by atoms with Crippen molar-refractivity contribution in [3.05, 3.63) is 39.9 Å². The Kier molecular flexibility index (Phi) is 3.82. The SMILES string of the molecule is N#Cc1cc2c(N=C=O)c(C#N)c(C#N)cc2c(C#N)c1C#N. The molecule has 102 valence electrons. The number of isocyanates is 1. The Labute approximate surface area is 129 Å². The van der Waals surface area contributed by atoms with Gasteiger partial charge < -0.3 is 0 Å².